The zero-order chi connectivity index (χ0) is 15.3. The van der Waals surface area contributed by atoms with Gasteiger partial charge in [-0.2, -0.15) is 4.31 Å². The second-order valence-electron chi connectivity index (χ2n) is 4.32. The first-order valence-electron chi connectivity index (χ1n) is 6.17. The van der Waals surface area contributed by atoms with Gasteiger partial charge in [-0.3, -0.25) is 0 Å². The lowest BCUT2D eigenvalue weighted by Gasteiger charge is -2.26. The van der Waals surface area contributed by atoms with Gasteiger partial charge in [0.25, 0.3) is 0 Å². The van der Waals surface area contributed by atoms with Crippen LogP contribution in [-0.4, -0.2) is 50.1 Å². The maximum absolute atomic E-state index is 12.6. The maximum atomic E-state index is 12.6. The smallest absolute Gasteiger partial charge is 0.345 e. The highest BCUT2D eigenvalue weighted by Gasteiger charge is 2.29. The summed E-state index contributed by atoms with van der Waals surface area (Å²) in [6.07, 6.45) is 0.666. The van der Waals surface area contributed by atoms with E-state index in [1.807, 2.05) is 13.8 Å². The van der Waals surface area contributed by atoms with Gasteiger partial charge >= 0.3 is 5.97 Å². The number of nitrogens with zero attached hydrogens (tertiary/aromatic N) is 1. The van der Waals surface area contributed by atoms with E-state index < -0.39 is 16.0 Å². The minimum absolute atomic E-state index is 0.0134. The van der Waals surface area contributed by atoms with Crippen molar-refractivity contribution in [3.05, 3.63) is 16.3 Å². The van der Waals surface area contributed by atoms with Crippen molar-refractivity contribution in [2.75, 3.05) is 20.3 Å². The Morgan fingerprint density at radius 3 is 2.65 bits per heavy atom. The summed E-state index contributed by atoms with van der Waals surface area (Å²) in [5.41, 5.74) is 0. The van der Waals surface area contributed by atoms with Gasteiger partial charge in [0.05, 0.1) is 11.5 Å². The molecule has 1 aromatic rings. The third-order valence-electron chi connectivity index (χ3n) is 2.99. The highest BCUT2D eigenvalue weighted by molar-refractivity contribution is 7.89. The molecule has 1 heterocycles. The molecule has 0 aliphatic rings. The Labute approximate surface area is 123 Å². The lowest BCUT2D eigenvalue weighted by molar-refractivity contribution is 0.0702. The van der Waals surface area contributed by atoms with Gasteiger partial charge < -0.3 is 9.84 Å². The van der Waals surface area contributed by atoms with Crippen LogP contribution >= 0.6 is 11.3 Å². The number of carboxylic acids is 1. The number of hydrogen-bond acceptors (Lipinski definition) is 5. The van der Waals surface area contributed by atoms with E-state index in [0.717, 1.165) is 11.3 Å². The fourth-order valence-electron chi connectivity index (χ4n) is 1.66. The standard InChI is InChI=1S/C12H19NO5S2/c1-4-9(2)13(5-6-18-3)20(16,17)10-7-11(12(14)15)19-8-10/h7-9H,4-6H2,1-3H3,(H,14,15). The van der Waals surface area contributed by atoms with Crippen LogP contribution in [0, 0.1) is 0 Å². The number of thiophene rings is 1. The molecule has 0 spiro atoms. The summed E-state index contributed by atoms with van der Waals surface area (Å²) in [6.45, 7) is 4.25. The van der Waals surface area contributed by atoms with Crippen LogP contribution in [0.1, 0.15) is 29.9 Å². The molecule has 6 nitrogen and oxygen atoms in total. The largest absolute Gasteiger partial charge is 0.477 e. The van der Waals surface area contributed by atoms with E-state index in [0.29, 0.717) is 13.0 Å². The predicted molar refractivity (Wildman–Crippen MR) is 76.8 cm³/mol. The van der Waals surface area contributed by atoms with Crippen LogP contribution in [0.3, 0.4) is 0 Å². The molecule has 1 unspecified atom stereocenters. The van der Waals surface area contributed by atoms with Gasteiger partial charge in [-0.15, -0.1) is 11.3 Å². The quantitative estimate of drug-likeness (QED) is 0.790. The van der Waals surface area contributed by atoms with Crippen LogP contribution in [0.25, 0.3) is 0 Å². The fraction of sp³-hybridized carbons (Fsp3) is 0.583. The minimum Gasteiger partial charge on any atom is -0.477 e. The van der Waals surface area contributed by atoms with E-state index in [2.05, 4.69) is 0 Å². The van der Waals surface area contributed by atoms with Crippen molar-refractivity contribution in [1.29, 1.82) is 0 Å². The van der Waals surface area contributed by atoms with Crippen LogP contribution < -0.4 is 0 Å². The molecule has 0 aromatic carbocycles. The number of ether oxygens (including phenoxy) is 1. The van der Waals surface area contributed by atoms with Crippen LogP contribution in [0.5, 0.6) is 0 Å². The molecular weight excluding hydrogens is 302 g/mol. The first kappa shape index (κ1) is 17.1. The Bertz CT molecular complexity index is 552. The monoisotopic (exact) mass is 321 g/mol. The van der Waals surface area contributed by atoms with E-state index in [1.54, 1.807) is 0 Å². The summed E-state index contributed by atoms with van der Waals surface area (Å²) in [4.78, 5) is 10.9. The first-order valence-corrected chi connectivity index (χ1v) is 8.49. The van der Waals surface area contributed by atoms with Crippen LogP contribution in [0.15, 0.2) is 16.3 Å². The molecule has 0 amide bonds. The summed E-state index contributed by atoms with van der Waals surface area (Å²) in [5.74, 6) is -1.12. The zero-order valence-corrected chi connectivity index (χ0v) is 13.3. The summed E-state index contributed by atoms with van der Waals surface area (Å²) in [6, 6.07) is 1.02. The van der Waals surface area contributed by atoms with Gasteiger partial charge in [0.15, 0.2) is 0 Å². The second-order valence-corrected chi connectivity index (χ2v) is 7.12. The second kappa shape index (κ2) is 7.16. The van der Waals surface area contributed by atoms with Crippen molar-refractivity contribution >= 4 is 27.3 Å². The van der Waals surface area contributed by atoms with E-state index in [9.17, 15) is 13.2 Å². The third kappa shape index (κ3) is 3.78. The van der Waals surface area contributed by atoms with Crippen molar-refractivity contribution in [1.82, 2.24) is 4.31 Å². The molecule has 1 rings (SSSR count). The summed E-state index contributed by atoms with van der Waals surface area (Å²) < 4.78 is 31.4. The van der Waals surface area contributed by atoms with Crippen LogP contribution in [-0.2, 0) is 14.8 Å². The Morgan fingerprint density at radius 1 is 1.55 bits per heavy atom. The summed E-state index contributed by atoms with van der Waals surface area (Å²) >= 11 is 0.908. The van der Waals surface area contributed by atoms with Crippen molar-refractivity contribution < 1.29 is 23.1 Å². The van der Waals surface area contributed by atoms with E-state index in [4.69, 9.17) is 9.84 Å². The van der Waals surface area contributed by atoms with E-state index >= 15 is 0 Å². The highest BCUT2D eigenvalue weighted by atomic mass is 32.2. The summed E-state index contributed by atoms with van der Waals surface area (Å²) in [7, 11) is -2.19. The number of methoxy groups -OCH3 is 1. The molecule has 1 aromatic heterocycles. The molecule has 0 bridgehead atoms. The molecule has 1 N–H and O–H groups in total. The molecule has 0 fully saturated rings. The molecule has 1 atom stereocenters. The number of carboxylic acid groups (broad SMARTS) is 1. The average Bonchev–Trinajstić information content (AvgIpc) is 2.89. The maximum Gasteiger partial charge on any atom is 0.345 e. The fourth-order valence-corrected chi connectivity index (χ4v) is 4.45. The number of rotatable bonds is 8. The molecule has 0 saturated carbocycles. The van der Waals surface area contributed by atoms with Gasteiger partial charge in [-0.25, -0.2) is 13.2 Å². The summed E-state index contributed by atoms with van der Waals surface area (Å²) in [5, 5.41) is 10.2. The van der Waals surface area contributed by atoms with Crippen LogP contribution in [0.4, 0.5) is 0 Å². The number of carbonyl (C=O) groups is 1. The van der Waals surface area contributed by atoms with Gasteiger partial charge in [0.1, 0.15) is 4.88 Å². The first-order chi connectivity index (χ1) is 9.34. The number of sulfonamides is 1. The van der Waals surface area contributed by atoms with Crippen molar-refractivity contribution in [2.45, 2.75) is 31.2 Å². The Hall–Kier alpha value is -0.960. The van der Waals surface area contributed by atoms with Gasteiger partial charge in [-0.05, 0) is 19.4 Å². The lowest BCUT2D eigenvalue weighted by Crippen LogP contribution is -2.40. The molecule has 114 valence electrons. The molecule has 20 heavy (non-hydrogen) atoms. The SMILES string of the molecule is CCC(C)N(CCOC)S(=O)(=O)c1csc(C(=O)O)c1. The number of hydrogen-bond donors (Lipinski definition) is 1. The van der Waals surface area contributed by atoms with Crippen molar-refractivity contribution in [2.24, 2.45) is 0 Å². The lowest BCUT2D eigenvalue weighted by atomic mass is 10.3. The number of aromatic carboxylic acids is 1. The molecule has 0 radical (unpaired) electrons. The topological polar surface area (TPSA) is 83.9 Å². The van der Waals surface area contributed by atoms with E-state index in [-0.39, 0.29) is 22.4 Å². The predicted octanol–water partition coefficient (Wildman–Crippen LogP) is 1.88. The van der Waals surface area contributed by atoms with Crippen molar-refractivity contribution in [3.8, 4) is 0 Å². The third-order valence-corrected chi connectivity index (χ3v) is 6.05. The Morgan fingerprint density at radius 2 is 2.20 bits per heavy atom. The normalized spacial score (nSPS) is 13.6. The van der Waals surface area contributed by atoms with E-state index in [1.165, 1.54) is 22.9 Å². The van der Waals surface area contributed by atoms with Crippen LogP contribution in [0.2, 0.25) is 0 Å². The minimum atomic E-state index is -3.70. The molecular formula is C12H19NO5S2. The Balaban J connectivity index is 3.10. The van der Waals surface area contributed by atoms with Gasteiger partial charge in [0, 0.05) is 25.1 Å². The van der Waals surface area contributed by atoms with Crippen molar-refractivity contribution in [3.63, 3.8) is 0 Å². The Kier molecular flexibility index (Phi) is 6.12. The highest BCUT2D eigenvalue weighted by Crippen LogP contribution is 2.24. The zero-order valence-electron chi connectivity index (χ0n) is 11.7. The van der Waals surface area contributed by atoms with Gasteiger partial charge in [-0.1, -0.05) is 6.92 Å². The average molecular weight is 321 g/mol. The molecule has 0 saturated heterocycles. The molecule has 8 heteroatoms. The van der Waals surface area contributed by atoms with Gasteiger partial charge in [0.2, 0.25) is 10.0 Å². The molecule has 0 aliphatic carbocycles. The molecule has 0 aliphatic heterocycles.